The van der Waals surface area contributed by atoms with Gasteiger partial charge in [-0.2, -0.15) is 5.10 Å². The highest BCUT2D eigenvalue weighted by Gasteiger charge is 2.01. The van der Waals surface area contributed by atoms with Gasteiger partial charge in [-0.3, -0.25) is 10.1 Å². The molecule has 0 saturated carbocycles. The van der Waals surface area contributed by atoms with Crippen LogP contribution in [-0.4, -0.2) is 15.2 Å². The topological polar surface area (TPSA) is 41.6 Å². The third-order valence-electron chi connectivity index (χ3n) is 2.47. The summed E-state index contributed by atoms with van der Waals surface area (Å²) in [7, 11) is 0. The van der Waals surface area contributed by atoms with E-state index in [1.54, 1.807) is 0 Å². The van der Waals surface area contributed by atoms with Gasteiger partial charge in [-0.15, -0.1) is 0 Å². The molecule has 1 N–H and O–H groups in total. The Balaban J connectivity index is 2.56. The van der Waals surface area contributed by atoms with Crippen LogP contribution >= 0.6 is 15.9 Å². The predicted molar refractivity (Wildman–Crippen MR) is 63.7 cm³/mol. The normalized spacial score (nSPS) is 14.9. The van der Waals surface area contributed by atoms with Gasteiger partial charge in [-0.1, -0.05) is 28.1 Å². The number of hydrogen-bond acceptors (Lipinski definition) is 2. The number of aromatic nitrogens is 3. The lowest BCUT2D eigenvalue weighted by Gasteiger charge is -1.91. The molecule has 0 atom stereocenters. The Morgan fingerprint density at radius 2 is 2.20 bits per heavy atom. The van der Waals surface area contributed by atoms with Crippen LogP contribution in [0.25, 0.3) is 23.1 Å². The summed E-state index contributed by atoms with van der Waals surface area (Å²) >= 11 is 3.51. The fraction of sp³-hybridized carbons (Fsp3) is 0.0909. The highest BCUT2D eigenvalue weighted by Crippen LogP contribution is 2.10. The summed E-state index contributed by atoms with van der Waals surface area (Å²) in [6.07, 6.45) is 10.9. The van der Waals surface area contributed by atoms with Crippen molar-refractivity contribution in [3.8, 4) is 0 Å². The largest absolute Gasteiger partial charge is 0.276 e. The van der Waals surface area contributed by atoms with E-state index in [1.165, 1.54) is 0 Å². The van der Waals surface area contributed by atoms with Crippen LogP contribution in [0, 0.1) is 0 Å². The maximum atomic E-state index is 4.40. The molecule has 15 heavy (non-hydrogen) atoms. The van der Waals surface area contributed by atoms with E-state index >= 15 is 0 Å². The van der Waals surface area contributed by atoms with Gasteiger partial charge in [0.05, 0.1) is 23.3 Å². The third-order valence-corrected chi connectivity index (χ3v) is 3.03. The minimum atomic E-state index is 0.903. The zero-order valence-corrected chi connectivity index (χ0v) is 9.45. The highest BCUT2D eigenvalue weighted by molar-refractivity contribution is 9.12. The van der Waals surface area contributed by atoms with Crippen molar-refractivity contribution in [2.75, 3.05) is 0 Å². The van der Waals surface area contributed by atoms with Crippen LogP contribution in [0.3, 0.4) is 0 Å². The van der Waals surface area contributed by atoms with Crippen LogP contribution in [0.1, 0.15) is 6.42 Å². The van der Waals surface area contributed by atoms with Gasteiger partial charge in [-0.05, 0) is 12.5 Å². The maximum absolute atomic E-state index is 4.40. The predicted octanol–water partition coefficient (Wildman–Crippen LogP) is 1.20. The lowest BCUT2D eigenvalue weighted by atomic mass is 10.2. The molecule has 4 heteroatoms. The molecular weight excluding hydrogens is 254 g/mol. The molecular formula is C11H8BrN3. The molecule has 0 aliphatic heterocycles. The van der Waals surface area contributed by atoms with Crippen molar-refractivity contribution in [2.24, 2.45) is 0 Å². The molecule has 2 aromatic rings. The second kappa shape index (κ2) is 3.31. The molecule has 0 fully saturated rings. The Labute approximate surface area is 94.3 Å². The van der Waals surface area contributed by atoms with Gasteiger partial charge in [0.25, 0.3) is 0 Å². The lowest BCUT2D eigenvalue weighted by molar-refractivity contribution is 1.11. The van der Waals surface area contributed by atoms with Crippen LogP contribution in [0.15, 0.2) is 23.0 Å². The zero-order valence-electron chi connectivity index (χ0n) is 7.87. The molecule has 1 aliphatic rings. The van der Waals surface area contributed by atoms with Crippen molar-refractivity contribution in [2.45, 2.75) is 6.42 Å². The van der Waals surface area contributed by atoms with Gasteiger partial charge in [0, 0.05) is 15.1 Å². The van der Waals surface area contributed by atoms with Gasteiger partial charge in [0.2, 0.25) is 0 Å². The number of aromatic amines is 1. The minimum absolute atomic E-state index is 0.903. The molecule has 2 heterocycles. The second-order valence-corrected chi connectivity index (χ2v) is 4.34. The highest BCUT2D eigenvalue weighted by atomic mass is 79.9. The lowest BCUT2D eigenvalue weighted by Crippen LogP contribution is -2.27. The van der Waals surface area contributed by atoms with Gasteiger partial charge in [0.15, 0.2) is 0 Å². The van der Waals surface area contributed by atoms with Crippen LogP contribution in [0.5, 0.6) is 0 Å². The number of fused-ring (bicyclic) bond motifs is 3. The van der Waals surface area contributed by atoms with Crippen molar-refractivity contribution in [1.29, 1.82) is 0 Å². The van der Waals surface area contributed by atoms with E-state index in [-0.39, 0.29) is 0 Å². The molecule has 0 unspecified atom stereocenters. The first-order valence-corrected chi connectivity index (χ1v) is 5.49. The SMILES string of the molecule is BrC1=CCC=c2ncc3[nH]ncc3c2=C1. The molecule has 0 bridgehead atoms. The quantitative estimate of drug-likeness (QED) is 0.775. The number of H-pyrrole nitrogens is 1. The van der Waals surface area contributed by atoms with E-state index in [4.69, 9.17) is 0 Å². The number of nitrogens with zero attached hydrogens (tertiary/aromatic N) is 2. The minimum Gasteiger partial charge on any atom is -0.276 e. The molecule has 1 aliphatic carbocycles. The van der Waals surface area contributed by atoms with E-state index in [9.17, 15) is 0 Å². The monoisotopic (exact) mass is 261 g/mol. The Hall–Kier alpha value is -1.42. The summed E-state index contributed by atoms with van der Waals surface area (Å²) in [5.74, 6) is 0. The average Bonchev–Trinajstić information content (AvgIpc) is 2.61. The van der Waals surface area contributed by atoms with Crippen molar-refractivity contribution >= 4 is 39.0 Å². The van der Waals surface area contributed by atoms with E-state index < -0.39 is 0 Å². The van der Waals surface area contributed by atoms with Crippen LogP contribution in [-0.2, 0) is 0 Å². The Morgan fingerprint density at radius 3 is 3.13 bits per heavy atom. The second-order valence-electron chi connectivity index (χ2n) is 3.43. The summed E-state index contributed by atoms with van der Waals surface area (Å²) in [6.45, 7) is 0. The van der Waals surface area contributed by atoms with E-state index in [0.29, 0.717) is 0 Å². The molecule has 2 aromatic heterocycles. The van der Waals surface area contributed by atoms with Crippen molar-refractivity contribution in [1.82, 2.24) is 15.2 Å². The Kier molecular flexibility index (Phi) is 1.95. The summed E-state index contributed by atoms with van der Waals surface area (Å²) < 4.78 is 1.09. The Bertz CT molecular complexity index is 667. The first kappa shape index (κ1) is 8.85. The molecule has 0 saturated heterocycles. The van der Waals surface area contributed by atoms with E-state index in [0.717, 1.165) is 32.4 Å². The van der Waals surface area contributed by atoms with Crippen LogP contribution < -0.4 is 10.6 Å². The number of hydrogen-bond donors (Lipinski definition) is 1. The van der Waals surface area contributed by atoms with E-state index in [2.05, 4.69) is 49.3 Å². The van der Waals surface area contributed by atoms with Gasteiger partial charge < -0.3 is 0 Å². The fourth-order valence-electron chi connectivity index (χ4n) is 1.75. The number of allylic oxidation sites excluding steroid dienone is 2. The van der Waals surface area contributed by atoms with Crippen LogP contribution in [0.4, 0.5) is 0 Å². The molecule has 0 aromatic carbocycles. The van der Waals surface area contributed by atoms with Gasteiger partial charge in [0.1, 0.15) is 0 Å². The fourth-order valence-corrected chi connectivity index (χ4v) is 2.16. The smallest absolute Gasteiger partial charge is 0.0840 e. The van der Waals surface area contributed by atoms with Gasteiger partial charge in [-0.25, -0.2) is 0 Å². The van der Waals surface area contributed by atoms with Gasteiger partial charge >= 0.3 is 0 Å². The molecule has 74 valence electrons. The number of halogens is 1. The zero-order chi connectivity index (χ0) is 10.3. The molecule has 0 radical (unpaired) electrons. The van der Waals surface area contributed by atoms with Crippen LogP contribution in [0.2, 0.25) is 0 Å². The first-order chi connectivity index (χ1) is 7.34. The number of nitrogens with one attached hydrogen (secondary N) is 1. The summed E-state index contributed by atoms with van der Waals surface area (Å²) in [6, 6.07) is 0. The molecule has 3 nitrogen and oxygen atoms in total. The van der Waals surface area contributed by atoms with Crippen molar-refractivity contribution in [3.63, 3.8) is 0 Å². The first-order valence-electron chi connectivity index (χ1n) is 4.70. The molecule has 0 amide bonds. The number of rotatable bonds is 0. The standard InChI is InChI=1S/C11H8BrN3/c12-7-2-1-3-10-8(4-7)9-5-14-15-11(9)6-13-10/h2-6H,1H2,(H,14,15). The summed E-state index contributed by atoms with van der Waals surface area (Å²) in [5.41, 5.74) is 0.973. The van der Waals surface area contributed by atoms with Crippen molar-refractivity contribution in [3.05, 3.63) is 33.5 Å². The Morgan fingerprint density at radius 1 is 1.27 bits per heavy atom. The molecule has 0 spiro atoms. The van der Waals surface area contributed by atoms with E-state index in [1.807, 2.05) is 12.4 Å². The number of pyridine rings is 1. The molecule has 3 rings (SSSR count). The van der Waals surface area contributed by atoms with Crippen molar-refractivity contribution < 1.29 is 0 Å². The average molecular weight is 262 g/mol. The summed E-state index contributed by atoms with van der Waals surface area (Å²) in [5, 5.41) is 10.2. The summed E-state index contributed by atoms with van der Waals surface area (Å²) in [4.78, 5) is 4.40. The third kappa shape index (κ3) is 1.41. The maximum Gasteiger partial charge on any atom is 0.0840 e.